The molecule has 1 saturated heterocycles. The molecular formula is C28H43NO3SSn. The van der Waals surface area contributed by atoms with Gasteiger partial charge < -0.3 is 0 Å². The fourth-order valence-electron chi connectivity index (χ4n) is 5.32. The maximum atomic E-state index is 14.3. The molecule has 2 atom stereocenters. The number of hydrogen-bond donors (Lipinski definition) is 0. The second kappa shape index (κ2) is 12.9. The first-order valence-electron chi connectivity index (χ1n) is 13.2. The van der Waals surface area contributed by atoms with Gasteiger partial charge in [-0.25, -0.2) is 0 Å². The zero-order valence-corrected chi connectivity index (χ0v) is 25.2. The van der Waals surface area contributed by atoms with Crippen LogP contribution >= 0.6 is 0 Å². The van der Waals surface area contributed by atoms with Gasteiger partial charge in [0.05, 0.1) is 0 Å². The third-order valence-corrected chi connectivity index (χ3v) is 25.6. The molecule has 188 valence electrons. The van der Waals surface area contributed by atoms with Crippen LogP contribution in [0, 0.1) is 6.92 Å². The van der Waals surface area contributed by atoms with Crippen LogP contribution in [0.4, 0.5) is 0 Å². The molecule has 1 fully saturated rings. The van der Waals surface area contributed by atoms with Crippen molar-refractivity contribution in [3.63, 3.8) is 0 Å². The van der Waals surface area contributed by atoms with Crippen molar-refractivity contribution in [2.75, 3.05) is 6.61 Å². The van der Waals surface area contributed by atoms with Gasteiger partial charge in [-0.1, -0.05) is 0 Å². The zero-order chi connectivity index (χ0) is 24.6. The molecule has 1 aliphatic rings. The topological polar surface area (TPSA) is 46.6 Å². The van der Waals surface area contributed by atoms with Crippen molar-refractivity contribution in [1.82, 2.24) is 4.31 Å². The molecule has 0 saturated carbocycles. The van der Waals surface area contributed by atoms with E-state index in [1.54, 1.807) is 12.1 Å². The molecule has 0 aliphatic carbocycles. The molecule has 0 radical (unpaired) electrons. The molecule has 2 aromatic carbocycles. The third-order valence-electron chi connectivity index (χ3n) is 7.34. The zero-order valence-electron chi connectivity index (χ0n) is 21.5. The van der Waals surface area contributed by atoms with Crippen LogP contribution in [0.1, 0.15) is 76.5 Å². The van der Waals surface area contributed by atoms with E-state index in [0.29, 0.717) is 11.5 Å². The Hall–Kier alpha value is -0.891. The van der Waals surface area contributed by atoms with Gasteiger partial charge in [-0.05, 0) is 0 Å². The molecule has 4 nitrogen and oxygen atoms in total. The fraction of sp³-hybridized carbons (Fsp3) is 0.571. The molecule has 2 aromatic rings. The van der Waals surface area contributed by atoms with E-state index in [-0.39, 0.29) is 10.3 Å². The quantitative estimate of drug-likeness (QED) is 0.227. The van der Waals surface area contributed by atoms with E-state index in [9.17, 15) is 8.42 Å². The fourth-order valence-corrected chi connectivity index (χ4v) is 26.2. The molecule has 0 aromatic heterocycles. The molecule has 1 aliphatic heterocycles. The Morgan fingerprint density at radius 1 is 0.853 bits per heavy atom. The van der Waals surface area contributed by atoms with Gasteiger partial charge in [0.1, 0.15) is 0 Å². The first-order chi connectivity index (χ1) is 16.4. The first kappa shape index (κ1) is 27.7. The predicted octanol–water partition coefficient (Wildman–Crippen LogP) is 7.47. The number of hydrogen-bond acceptors (Lipinski definition) is 3. The Kier molecular flexibility index (Phi) is 10.5. The van der Waals surface area contributed by atoms with Crippen molar-refractivity contribution in [1.29, 1.82) is 0 Å². The minimum absolute atomic E-state index is 0.240. The number of benzene rings is 2. The van der Waals surface area contributed by atoms with Crippen LogP contribution < -0.4 is 0 Å². The Bertz CT molecular complexity index is 957. The van der Waals surface area contributed by atoms with Gasteiger partial charge in [0.15, 0.2) is 0 Å². The summed E-state index contributed by atoms with van der Waals surface area (Å²) >= 11 is -3.07. The summed E-state index contributed by atoms with van der Waals surface area (Å²) in [5.74, 6) is 0. The standard InChI is InChI=1S/C16H16NO3S.3C4H9.Sn/c1-13-7-9-15(10-8-13)21(18,19)17-12-20-11-16(17)14-5-3-2-4-6-14;3*1-3-4-2;/h2-10,12,16H,11H2,1H3;3*1,3-4H2,2H3;/t16-;;;;/m0..../s1. The Labute approximate surface area is 212 Å². The summed E-state index contributed by atoms with van der Waals surface area (Å²) in [6, 6.07) is 17.2. The maximum absolute atomic E-state index is 14.3. The molecule has 3 rings (SSSR count). The van der Waals surface area contributed by atoms with E-state index in [1.165, 1.54) is 32.6 Å². The molecule has 0 spiro atoms. The molecule has 6 heteroatoms. The van der Waals surface area contributed by atoms with Gasteiger partial charge in [0, 0.05) is 0 Å². The van der Waals surface area contributed by atoms with Gasteiger partial charge in [0.2, 0.25) is 0 Å². The summed E-state index contributed by atoms with van der Waals surface area (Å²) in [6.07, 6.45) is 6.98. The van der Waals surface area contributed by atoms with Crippen LogP contribution in [0.3, 0.4) is 0 Å². The van der Waals surface area contributed by atoms with Crippen LogP contribution in [0.5, 0.6) is 0 Å². The Morgan fingerprint density at radius 2 is 1.38 bits per heavy atom. The van der Waals surface area contributed by atoms with Gasteiger partial charge in [0.25, 0.3) is 0 Å². The Morgan fingerprint density at radius 3 is 1.88 bits per heavy atom. The van der Waals surface area contributed by atoms with E-state index in [0.717, 1.165) is 30.4 Å². The first-order valence-corrected chi connectivity index (χ1v) is 22.3. The van der Waals surface area contributed by atoms with E-state index < -0.39 is 28.4 Å². The third kappa shape index (κ3) is 6.26. The Balaban J connectivity index is 2.13. The second-order valence-corrected chi connectivity index (χ2v) is 25.2. The van der Waals surface area contributed by atoms with Crippen molar-refractivity contribution >= 4 is 28.4 Å². The van der Waals surface area contributed by atoms with Crippen molar-refractivity contribution in [3.8, 4) is 0 Å². The summed E-state index contributed by atoms with van der Waals surface area (Å²) in [5.41, 5.74) is 2.09. The predicted molar refractivity (Wildman–Crippen MR) is 144 cm³/mol. The molecule has 1 unspecified atom stereocenters. The van der Waals surface area contributed by atoms with Crippen molar-refractivity contribution in [2.45, 2.75) is 94.7 Å². The van der Waals surface area contributed by atoms with Crippen LogP contribution in [-0.4, -0.2) is 42.0 Å². The van der Waals surface area contributed by atoms with Gasteiger partial charge in [-0.2, -0.15) is 0 Å². The summed E-state index contributed by atoms with van der Waals surface area (Å²) in [6.45, 7) is 9.19. The molecule has 1 heterocycles. The summed E-state index contributed by atoms with van der Waals surface area (Å²) in [4.78, 5) is 0.385. The van der Waals surface area contributed by atoms with Gasteiger partial charge in [-0.3, -0.25) is 0 Å². The molecule has 0 bridgehead atoms. The van der Waals surface area contributed by atoms with E-state index >= 15 is 0 Å². The average Bonchev–Trinajstić information content (AvgIpc) is 3.31. The number of aryl methyl sites for hydroxylation is 1. The number of unbranched alkanes of at least 4 members (excludes halogenated alkanes) is 3. The summed E-state index contributed by atoms with van der Waals surface area (Å²) in [7, 11) is -3.70. The van der Waals surface area contributed by atoms with Crippen molar-refractivity contribution in [2.24, 2.45) is 0 Å². The number of ether oxygens (including phenoxy) is 1. The van der Waals surface area contributed by atoms with Crippen LogP contribution in [0.25, 0.3) is 0 Å². The summed E-state index contributed by atoms with van der Waals surface area (Å²) in [5, 5.41) is 0. The van der Waals surface area contributed by atoms with E-state index in [4.69, 9.17) is 4.74 Å². The number of nitrogens with zero attached hydrogens (tertiary/aromatic N) is 1. The molecule has 0 N–H and O–H groups in total. The molecule has 0 amide bonds. The van der Waals surface area contributed by atoms with Crippen LogP contribution in [-0.2, 0) is 14.8 Å². The monoisotopic (exact) mass is 593 g/mol. The van der Waals surface area contributed by atoms with E-state index in [1.807, 2.05) is 41.6 Å². The van der Waals surface area contributed by atoms with Crippen molar-refractivity contribution in [3.05, 3.63) is 65.7 Å². The van der Waals surface area contributed by atoms with Gasteiger partial charge in [-0.15, -0.1) is 0 Å². The minimum atomic E-state index is -3.70. The second-order valence-electron chi connectivity index (χ2n) is 9.93. The molecular weight excluding hydrogens is 549 g/mol. The molecule has 34 heavy (non-hydrogen) atoms. The van der Waals surface area contributed by atoms with Crippen LogP contribution in [0.15, 0.2) is 59.5 Å². The van der Waals surface area contributed by atoms with E-state index in [2.05, 4.69) is 32.9 Å². The summed E-state index contributed by atoms with van der Waals surface area (Å²) < 4.78 is 40.4. The normalized spacial score (nSPS) is 19.5. The van der Waals surface area contributed by atoms with Gasteiger partial charge >= 0.3 is 213 Å². The average molecular weight is 592 g/mol. The van der Waals surface area contributed by atoms with Crippen molar-refractivity contribution < 1.29 is 13.2 Å². The SMILES string of the molecule is CCC[CH2][Sn]([CH2]CCC)([CH2]CCC)[CH]1OC[C@@H](c2ccccc2)N1S(=O)(=O)c1ccc(C)cc1. The number of rotatable bonds is 13. The number of sulfonamides is 1. The van der Waals surface area contributed by atoms with Crippen LogP contribution in [0.2, 0.25) is 13.3 Å².